The van der Waals surface area contributed by atoms with E-state index in [9.17, 15) is 20.1 Å². The molecule has 0 bridgehead atoms. The predicted molar refractivity (Wildman–Crippen MR) is 84.3 cm³/mol. The largest absolute Gasteiger partial charge is 0.460 e. The number of benzene rings is 1. The van der Waals surface area contributed by atoms with Crippen molar-refractivity contribution >= 4 is 16.8 Å². The molecule has 24 heavy (non-hydrogen) atoms. The van der Waals surface area contributed by atoms with Crippen molar-refractivity contribution in [3.05, 3.63) is 30.5 Å². The van der Waals surface area contributed by atoms with Crippen LogP contribution in [0.2, 0.25) is 0 Å². The number of fused-ring (bicyclic) bond motifs is 1. The Labute approximate surface area is 138 Å². The monoisotopic (exact) mass is 336 g/mol. The van der Waals surface area contributed by atoms with Gasteiger partial charge in [0.2, 0.25) is 12.2 Å². The smallest absolute Gasteiger partial charge is 0.223 e. The van der Waals surface area contributed by atoms with Crippen LogP contribution in [0.1, 0.15) is 6.92 Å². The first kappa shape index (κ1) is 16.7. The molecule has 0 radical (unpaired) electrons. The van der Waals surface area contributed by atoms with Crippen LogP contribution in [0.3, 0.4) is 0 Å². The molecule has 130 valence electrons. The van der Waals surface area contributed by atoms with Crippen molar-refractivity contribution in [1.82, 2.24) is 10.3 Å². The van der Waals surface area contributed by atoms with Crippen LogP contribution in [0.5, 0.6) is 5.75 Å². The number of rotatable bonds is 4. The summed E-state index contributed by atoms with van der Waals surface area (Å²) in [4.78, 5) is 14.5. The van der Waals surface area contributed by atoms with Gasteiger partial charge in [0.15, 0.2) is 0 Å². The molecule has 1 aromatic carbocycles. The van der Waals surface area contributed by atoms with Crippen molar-refractivity contribution in [1.29, 1.82) is 0 Å². The van der Waals surface area contributed by atoms with Crippen LogP contribution < -0.4 is 10.1 Å². The van der Waals surface area contributed by atoms with Gasteiger partial charge in [0.25, 0.3) is 0 Å². The Kier molecular flexibility index (Phi) is 4.72. The first-order chi connectivity index (χ1) is 11.5. The maximum Gasteiger partial charge on any atom is 0.223 e. The van der Waals surface area contributed by atoms with Crippen molar-refractivity contribution in [2.45, 2.75) is 37.6 Å². The summed E-state index contributed by atoms with van der Waals surface area (Å²) in [5, 5.41) is 32.9. The summed E-state index contributed by atoms with van der Waals surface area (Å²) in [6.07, 6.45) is -3.11. The first-order valence-corrected chi connectivity index (χ1v) is 7.63. The Hall–Kier alpha value is -2.13. The van der Waals surface area contributed by atoms with E-state index in [-0.39, 0.29) is 0 Å². The van der Waals surface area contributed by atoms with E-state index in [0.29, 0.717) is 5.75 Å². The minimum absolute atomic E-state index is 0.398. The number of aliphatic hydroxyl groups is 3. The van der Waals surface area contributed by atoms with Gasteiger partial charge >= 0.3 is 0 Å². The van der Waals surface area contributed by atoms with Gasteiger partial charge in [-0.15, -0.1) is 0 Å². The lowest BCUT2D eigenvalue weighted by atomic mass is 9.97. The lowest BCUT2D eigenvalue weighted by Crippen LogP contribution is -2.65. The molecule has 0 unspecified atom stereocenters. The number of H-pyrrole nitrogens is 1. The van der Waals surface area contributed by atoms with E-state index in [2.05, 4.69) is 10.3 Å². The van der Waals surface area contributed by atoms with Gasteiger partial charge in [0, 0.05) is 24.0 Å². The predicted octanol–water partition coefficient (Wildman–Crippen LogP) is -0.510. The highest BCUT2D eigenvalue weighted by Gasteiger charge is 2.46. The molecular formula is C16H20N2O6. The summed E-state index contributed by atoms with van der Waals surface area (Å²) < 4.78 is 11.4. The van der Waals surface area contributed by atoms with Gasteiger partial charge in [-0.1, -0.05) is 12.1 Å². The zero-order valence-corrected chi connectivity index (χ0v) is 13.0. The topological polar surface area (TPSA) is 124 Å². The zero-order valence-electron chi connectivity index (χ0n) is 13.0. The second-order valence-corrected chi connectivity index (χ2v) is 5.75. The normalized spacial score (nSPS) is 30.2. The molecule has 3 rings (SSSR count). The summed E-state index contributed by atoms with van der Waals surface area (Å²) in [7, 11) is 0. The third-order valence-electron chi connectivity index (χ3n) is 4.05. The van der Waals surface area contributed by atoms with E-state index in [0.717, 1.165) is 10.9 Å². The van der Waals surface area contributed by atoms with Crippen LogP contribution in [0.25, 0.3) is 10.9 Å². The number of hydrogen-bond donors (Lipinski definition) is 5. The number of carbonyl (C=O) groups is 1. The number of ether oxygens (including phenoxy) is 2. The van der Waals surface area contributed by atoms with Crippen LogP contribution in [0, 0.1) is 0 Å². The standard InChI is InChI=1S/C16H20N2O6/c1-8(20)18-13-15(22)14(21)12(7-19)24-16(13)23-11-6-17-10-5-3-2-4-9(10)11/h2-6,12-17,19,21-22H,7H2,1H3,(H,18,20)/t12-,13-,14-,15-,16-/m1/s1. The van der Waals surface area contributed by atoms with Gasteiger partial charge in [-0.25, -0.2) is 0 Å². The number of carbonyl (C=O) groups excluding carboxylic acids is 1. The van der Waals surface area contributed by atoms with Crippen molar-refractivity contribution in [3.8, 4) is 5.75 Å². The number of nitrogens with one attached hydrogen (secondary N) is 2. The minimum atomic E-state index is -1.34. The average molecular weight is 336 g/mol. The van der Waals surface area contributed by atoms with E-state index >= 15 is 0 Å². The molecule has 0 aliphatic carbocycles. The first-order valence-electron chi connectivity index (χ1n) is 7.63. The number of aliphatic hydroxyl groups excluding tert-OH is 3. The molecule has 0 spiro atoms. The highest BCUT2D eigenvalue weighted by molar-refractivity contribution is 5.85. The number of amides is 1. The van der Waals surface area contributed by atoms with Crippen LogP contribution in [-0.4, -0.2) is 63.5 Å². The second-order valence-electron chi connectivity index (χ2n) is 5.75. The van der Waals surface area contributed by atoms with Gasteiger partial charge in [-0.2, -0.15) is 0 Å². The highest BCUT2D eigenvalue weighted by Crippen LogP contribution is 2.29. The second kappa shape index (κ2) is 6.78. The molecule has 1 aliphatic rings. The zero-order chi connectivity index (χ0) is 17.3. The molecule has 8 nitrogen and oxygen atoms in total. The molecule has 2 aromatic rings. The number of aromatic amines is 1. The Bertz CT molecular complexity index is 717. The number of para-hydroxylation sites is 1. The van der Waals surface area contributed by atoms with E-state index in [4.69, 9.17) is 9.47 Å². The maximum atomic E-state index is 11.4. The van der Waals surface area contributed by atoms with Crippen molar-refractivity contribution in [3.63, 3.8) is 0 Å². The van der Waals surface area contributed by atoms with Crippen molar-refractivity contribution in [2.24, 2.45) is 0 Å². The Balaban J connectivity index is 1.88. The summed E-state index contributed by atoms with van der Waals surface area (Å²) in [5.74, 6) is 0.0797. The van der Waals surface area contributed by atoms with Gasteiger partial charge in [0.1, 0.15) is 30.1 Å². The number of hydrogen-bond acceptors (Lipinski definition) is 6. The SMILES string of the molecule is CC(=O)N[C@H]1[C@H](Oc2c[nH]c3ccccc23)O[C@H](CO)[C@@H](O)[C@@H]1O. The Morgan fingerprint density at radius 3 is 2.79 bits per heavy atom. The molecule has 5 N–H and O–H groups in total. The van der Waals surface area contributed by atoms with E-state index in [1.165, 1.54) is 6.92 Å². The molecule has 1 amide bonds. The molecular weight excluding hydrogens is 316 g/mol. The summed E-state index contributed by atoms with van der Waals surface area (Å²) in [6, 6.07) is 6.48. The summed E-state index contributed by atoms with van der Waals surface area (Å²) in [5.41, 5.74) is 0.860. The average Bonchev–Trinajstić information content (AvgIpc) is 2.97. The third-order valence-corrected chi connectivity index (χ3v) is 4.05. The van der Waals surface area contributed by atoms with Crippen molar-refractivity contribution in [2.75, 3.05) is 6.61 Å². The summed E-state index contributed by atoms with van der Waals surface area (Å²) in [6.45, 7) is 0.804. The van der Waals surface area contributed by atoms with Crippen LogP contribution in [0.15, 0.2) is 30.5 Å². The lowest BCUT2D eigenvalue weighted by molar-refractivity contribution is -0.244. The molecule has 2 heterocycles. The van der Waals surface area contributed by atoms with Crippen LogP contribution >= 0.6 is 0 Å². The Morgan fingerprint density at radius 2 is 2.08 bits per heavy atom. The fourth-order valence-electron chi connectivity index (χ4n) is 2.84. The van der Waals surface area contributed by atoms with E-state index in [1.807, 2.05) is 24.3 Å². The fourth-order valence-corrected chi connectivity index (χ4v) is 2.84. The molecule has 0 saturated carbocycles. The van der Waals surface area contributed by atoms with Gasteiger partial charge in [-0.05, 0) is 12.1 Å². The number of aromatic nitrogens is 1. The van der Waals surface area contributed by atoms with Crippen LogP contribution in [-0.2, 0) is 9.53 Å². The maximum absolute atomic E-state index is 11.4. The highest BCUT2D eigenvalue weighted by atomic mass is 16.7. The van der Waals surface area contributed by atoms with Gasteiger partial charge < -0.3 is 35.1 Å². The van der Waals surface area contributed by atoms with E-state index in [1.54, 1.807) is 6.20 Å². The Morgan fingerprint density at radius 1 is 1.33 bits per heavy atom. The third kappa shape index (κ3) is 3.09. The fraction of sp³-hybridized carbons (Fsp3) is 0.438. The molecule has 1 fully saturated rings. The molecule has 5 atom stereocenters. The molecule has 1 aliphatic heterocycles. The van der Waals surface area contributed by atoms with Crippen molar-refractivity contribution < 1.29 is 29.6 Å². The molecule has 1 aromatic heterocycles. The van der Waals surface area contributed by atoms with Gasteiger partial charge in [-0.3, -0.25) is 4.79 Å². The van der Waals surface area contributed by atoms with Crippen LogP contribution in [0.4, 0.5) is 0 Å². The lowest BCUT2D eigenvalue weighted by Gasteiger charge is -2.41. The quantitative estimate of drug-likeness (QED) is 0.512. The molecule has 1 saturated heterocycles. The minimum Gasteiger partial charge on any atom is -0.460 e. The van der Waals surface area contributed by atoms with E-state index < -0.39 is 43.2 Å². The molecule has 8 heteroatoms. The summed E-state index contributed by atoms with van der Waals surface area (Å²) >= 11 is 0. The van der Waals surface area contributed by atoms with Gasteiger partial charge in [0.05, 0.1) is 6.61 Å².